The number of allylic oxidation sites excluding steroid dienone is 1. The average molecular weight is 256 g/mol. The molecule has 0 aromatic rings. The Morgan fingerprint density at radius 1 is 1.44 bits per heavy atom. The molecule has 1 aliphatic rings. The Labute approximate surface area is 109 Å². The van der Waals surface area contributed by atoms with Crippen molar-refractivity contribution in [3.63, 3.8) is 0 Å². The lowest BCUT2D eigenvalue weighted by atomic mass is 10.1. The third kappa shape index (κ3) is 6.77. The van der Waals surface area contributed by atoms with Crippen LogP contribution in [-0.4, -0.2) is 32.1 Å². The van der Waals surface area contributed by atoms with Crippen molar-refractivity contribution in [2.24, 2.45) is 0 Å². The molecule has 1 rings (SSSR count). The number of esters is 1. The number of hydrogen-bond acceptors (Lipinski definition) is 4. The maximum atomic E-state index is 11.2. The van der Waals surface area contributed by atoms with Crippen LogP contribution in [0.15, 0.2) is 11.6 Å². The van der Waals surface area contributed by atoms with Gasteiger partial charge in [-0.3, -0.25) is 0 Å². The molecule has 0 aromatic heterocycles. The summed E-state index contributed by atoms with van der Waals surface area (Å²) < 4.78 is 15.9. The third-order valence-electron chi connectivity index (χ3n) is 2.81. The van der Waals surface area contributed by atoms with Gasteiger partial charge in [-0.05, 0) is 46.0 Å². The number of rotatable bonds is 7. The lowest BCUT2D eigenvalue weighted by molar-refractivity contribution is -0.162. The maximum absolute atomic E-state index is 11.2. The van der Waals surface area contributed by atoms with Gasteiger partial charge in [-0.2, -0.15) is 0 Å². The second-order valence-electron chi connectivity index (χ2n) is 4.51. The molecule has 1 heterocycles. The van der Waals surface area contributed by atoms with Gasteiger partial charge in [0.25, 0.3) is 0 Å². The van der Waals surface area contributed by atoms with Gasteiger partial charge in [0, 0.05) is 12.7 Å². The summed E-state index contributed by atoms with van der Waals surface area (Å²) in [5.74, 6) is -0.258. The van der Waals surface area contributed by atoms with Crippen LogP contribution in [0.4, 0.5) is 0 Å². The molecule has 0 N–H and O–H groups in total. The van der Waals surface area contributed by atoms with E-state index >= 15 is 0 Å². The highest BCUT2D eigenvalue weighted by Gasteiger charge is 2.13. The molecule has 1 atom stereocenters. The summed E-state index contributed by atoms with van der Waals surface area (Å²) in [7, 11) is 0. The van der Waals surface area contributed by atoms with Crippen molar-refractivity contribution < 1.29 is 19.0 Å². The first-order valence-corrected chi connectivity index (χ1v) is 6.79. The Balaban J connectivity index is 2.07. The van der Waals surface area contributed by atoms with E-state index in [1.165, 1.54) is 6.42 Å². The van der Waals surface area contributed by atoms with Crippen molar-refractivity contribution in [3.8, 4) is 0 Å². The molecular formula is C14H24O4. The molecule has 0 saturated carbocycles. The second-order valence-corrected chi connectivity index (χ2v) is 4.51. The first kappa shape index (κ1) is 15.2. The van der Waals surface area contributed by atoms with Crippen LogP contribution in [0.2, 0.25) is 0 Å². The molecule has 1 aliphatic heterocycles. The fourth-order valence-electron chi connectivity index (χ4n) is 1.87. The lowest BCUT2D eigenvalue weighted by Crippen LogP contribution is -2.22. The van der Waals surface area contributed by atoms with E-state index in [1.54, 1.807) is 13.0 Å². The van der Waals surface area contributed by atoms with E-state index in [0.29, 0.717) is 13.2 Å². The zero-order valence-corrected chi connectivity index (χ0v) is 11.4. The van der Waals surface area contributed by atoms with Gasteiger partial charge in [0.05, 0.1) is 13.2 Å². The predicted molar refractivity (Wildman–Crippen MR) is 69.2 cm³/mol. The molecular weight excluding hydrogens is 232 g/mol. The van der Waals surface area contributed by atoms with Crippen molar-refractivity contribution >= 4 is 5.97 Å². The Morgan fingerprint density at radius 3 is 2.94 bits per heavy atom. The molecule has 4 heteroatoms. The normalized spacial score (nSPS) is 20.8. The molecule has 18 heavy (non-hydrogen) atoms. The van der Waals surface area contributed by atoms with Crippen LogP contribution >= 0.6 is 0 Å². The number of carbonyl (C=O) groups excluding carboxylic acids is 1. The van der Waals surface area contributed by atoms with Crippen molar-refractivity contribution in [2.75, 3.05) is 19.8 Å². The quantitative estimate of drug-likeness (QED) is 0.399. The van der Waals surface area contributed by atoms with E-state index < -0.39 is 0 Å². The zero-order chi connectivity index (χ0) is 13.2. The Bertz CT molecular complexity index is 267. The highest BCUT2D eigenvalue weighted by atomic mass is 16.7. The zero-order valence-electron chi connectivity index (χ0n) is 11.4. The van der Waals surface area contributed by atoms with Crippen LogP contribution in [0, 0.1) is 0 Å². The van der Waals surface area contributed by atoms with Crippen molar-refractivity contribution in [1.29, 1.82) is 0 Å². The Hall–Kier alpha value is -0.870. The molecule has 104 valence electrons. The van der Waals surface area contributed by atoms with Crippen LogP contribution < -0.4 is 0 Å². The van der Waals surface area contributed by atoms with Gasteiger partial charge in [0.2, 0.25) is 0 Å². The summed E-state index contributed by atoms with van der Waals surface area (Å²) in [6, 6.07) is 0. The standard InChI is InChI=1S/C14H24O4/c1-3-16-13(15)11-12(2)7-6-10-18-14-8-4-5-9-17-14/h11,14H,3-10H2,1-2H3. The van der Waals surface area contributed by atoms with Crippen LogP contribution in [0.25, 0.3) is 0 Å². The van der Waals surface area contributed by atoms with Gasteiger partial charge in [-0.1, -0.05) is 5.57 Å². The minimum Gasteiger partial charge on any atom is -0.463 e. The van der Waals surface area contributed by atoms with E-state index in [9.17, 15) is 4.79 Å². The molecule has 1 unspecified atom stereocenters. The molecule has 0 amide bonds. The molecule has 0 radical (unpaired) electrons. The van der Waals surface area contributed by atoms with Crippen LogP contribution in [0.1, 0.15) is 46.0 Å². The Kier molecular flexibility index (Phi) is 7.69. The van der Waals surface area contributed by atoms with Gasteiger partial charge < -0.3 is 14.2 Å². The maximum Gasteiger partial charge on any atom is 0.330 e. The van der Waals surface area contributed by atoms with Crippen LogP contribution in [-0.2, 0) is 19.0 Å². The molecule has 0 aliphatic carbocycles. The van der Waals surface area contributed by atoms with E-state index in [-0.39, 0.29) is 12.3 Å². The van der Waals surface area contributed by atoms with Gasteiger partial charge in [0.1, 0.15) is 0 Å². The summed E-state index contributed by atoms with van der Waals surface area (Å²) in [5, 5.41) is 0. The second kappa shape index (κ2) is 9.11. The predicted octanol–water partition coefficient (Wildman–Crippen LogP) is 2.82. The van der Waals surface area contributed by atoms with Crippen LogP contribution in [0.5, 0.6) is 0 Å². The van der Waals surface area contributed by atoms with Gasteiger partial charge in [-0.15, -0.1) is 0 Å². The number of ether oxygens (including phenoxy) is 3. The van der Waals surface area contributed by atoms with E-state index in [4.69, 9.17) is 14.2 Å². The minimum absolute atomic E-state index is 0.0203. The first-order chi connectivity index (χ1) is 8.72. The van der Waals surface area contributed by atoms with E-state index in [0.717, 1.165) is 37.9 Å². The fraction of sp³-hybridized carbons (Fsp3) is 0.786. The number of hydrogen-bond donors (Lipinski definition) is 0. The van der Waals surface area contributed by atoms with Crippen molar-refractivity contribution in [1.82, 2.24) is 0 Å². The SMILES string of the molecule is CCOC(=O)C=C(C)CCCOC1CCCCO1. The van der Waals surface area contributed by atoms with Gasteiger partial charge in [-0.25, -0.2) is 4.79 Å². The minimum atomic E-state index is -0.258. The third-order valence-corrected chi connectivity index (χ3v) is 2.81. The fourth-order valence-corrected chi connectivity index (χ4v) is 1.87. The Morgan fingerprint density at radius 2 is 2.28 bits per heavy atom. The molecule has 4 nitrogen and oxygen atoms in total. The first-order valence-electron chi connectivity index (χ1n) is 6.79. The molecule has 1 saturated heterocycles. The summed E-state index contributed by atoms with van der Waals surface area (Å²) >= 11 is 0. The smallest absolute Gasteiger partial charge is 0.330 e. The van der Waals surface area contributed by atoms with Crippen molar-refractivity contribution in [3.05, 3.63) is 11.6 Å². The summed E-state index contributed by atoms with van der Waals surface area (Å²) in [5.41, 5.74) is 1.03. The van der Waals surface area contributed by atoms with Crippen molar-refractivity contribution in [2.45, 2.75) is 52.2 Å². The molecule has 0 spiro atoms. The number of carbonyl (C=O) groups is 1. The van der Waals surface area contributed by atoms with Gasteiger partial charge in [0.15, 0.2) is 6.29 Å². The lowest BCUT2D eigenvalue weighted by Gasteiger charge is -2.22. The summed E-state index contributed by atoms with van der Waals surface area (Å²) in [4.78, 5) is 11.2. The monoisotopic (exact) mass is 256 g/mol. The summed E-state index contributed by atoms with van der Waals surface area (Å²) in [6.07, 6.45) is 6.62. The summed E-state index contributed by atoms with van der Waals surface area (Å²) in [6.45, 7) is 5.66. The average Bonchev–Trinajstić information content (AvgIpc) is 2.36. The van der Waals surface area contributed by atoms with Gasteiger partial charge >= 0.3 is 5.97 Å². The highest BCUT2D eigenvalue weighted by Crippen LogP contribution is 2.14. The molecule has 0 bridgehead atoms. The van der Waals surface area contributed by atoms with E-state index in [1.807, 2.05) is 6.92 Å². The highest BCUT2D eigenvalue weighted by molar-refractivity contribution is 5.82. The topological polar surface area (TPSA) is 44.8 Å². The largest absolute Gasteiger partial charge is 0.463 e. The molecule has 1 fully saturated rings. The van der Waals surface area contributed by atoms with E-state index in [2.05, 4.69) is 0 Å². The van der Waals surface area contributed by atoms with Crippen LogP contribution in [0.3, 0.4) is 0 Å². The molecule has 0 aromatic carbocycles.